The number of aromatic nitrogens is 2. The smallest absolute Gasteiger partial charge is 0.338 e. The van der Waals surface area contributed by atoms with E-state index in [9.17, 15) is 4.79 Å². The summed E-state index contributed by atoms with van der Waals surface area (Å²) in [5.74, 6) is 1.16. The van der Waals surface area contributed by atoms with Gasteiger partial charge in [0, 0.05) is 4.47 Å². The fraction of sp³-hybridized carbons (Fsp3) is 0.118. The van der Waals surface area contributed by atoms with E-state index in [2.05, 4.69) is 26.1 Å². The number of rotatable bonds is 4. The summed E-state index contributed by atoms with van der Waals surface area (Å²) < 4.78 is 22.0. The van der Waals surface area contributed by atoms with Gasteiger partial charge in [-0.05, 0) is 46.3 Å². The fourth-order valence-corrected chi connectivity index (χ4v) is 2.74. The maximum Gasteiger partial charge on any atom is 0.338 e. The standard InChI is InChI=1S/C17H11BrN2O5/c18-12-4-2-1-3-11(12)16-20-19-15(25-16)8-22-17(21)10-5-6-13-14(7-10)24-9-23-13/h1-7H,8-9H2. The highest BCUT2D eigenvalue weighted by atomic mass is 79.9. The summed E-state index contributed by atoms with van der Waals surface area (Å²) in [7, 11) is 0. The molecule has 0 fully saturated rings. The van der Waals surface area contributed by atoms with Gasteiger partial charge < -0.3 is 18.6 Å². The molecule has 0 N–H and O–H groups in total. The van der Waals surface area contributed by atoms with Crippen LogP contribution in [-0.4, -0.2) is 23.0 Å². The van der Waals surface area contributed by atoms with Gasteiger partial charge in [-0.15, -0.1) is 10.2 Å². The minimum absolute atomic E-state index is 0.120. The van der Waals surface area contributed by atoms with E-state index in [0.717, 1.165) is 10.0 Å². The van der Waals surface area contributed by atoms with Crippen LogP contribution in [0.3, 0.4) is 0 Å². The average molecular weight is 403 g/mol. The first-order valence-corrected chi connectivity index (χ1v) is 8.14. The SMILES string of the molecule is O=C(OCc1nnc(-c2ccccc2Br)o1)c1ccc2c(c1)OCO2. The van der Waals surface area contributed by atoms with Gasteiger partial charge in [0.1, 0.15) is 0 Å². The van der Waals surface area contributed by atoms with E-state index >= 15 is 0 Å². The molecule has 1 aliphatic rings. The molecule has 25 heavy (non-hydrogen) atoms. The first kappa shape index (κ1) is 15.6. The number of carbonyl (C=O) groups excluding carboxylic acids is 1. The van der Waals surface area contributed by atoms with Crippen LogP contribution in [0.25, 0.3) is 11.5 Å². The van der Waals surface area contributed by atoms with Crippen molar-refractivity contribution in [1.29, 1.82) is 0 Å². The van der Waals surface area contributed by atoms with Gasteiger partial charge in [-0.25, -0.2) is 4.79 Å². The van der Waals surface area contributed by atoms with Crippen molar-refractivity contribution in [3.63, 3.8) is 0 Å². The zero-order chi connectivity index (χ0) is 17.2. The van der Waals surface area contributed by atoms with E-state index in [0.29, 0.717) is 23.0 Å². The largest absolute Gasteiger partial charge is 0.454 e. The minimum Gasteiger partial charge on any atom is -0.454 e. The van der Waals surface area contributed by atoms with Crippen LogP contribution in [0.5, 0.6) is 11.5 Å². The number of ether oxygens (including phenoxy) is 3. The maximum absolute atomic E-state index is 12.1. The number of hydrogen-bond acceptors (Lipinski definition) is 7. The van der Waals surface area contributed by atoms with Gasteiger partial charge in [0.15, 0.2) is 18.1 Å². The summed E-state index contributed by atoms with van der Waals surface area (Å²) in [5, 5.41) is 7.87. The summed E-state index contributed by atoms with van der Waals surface area (Å²) in [6.45, 7) is 0.0262. The predicted molar refractivity (Wildman–Crippen MR) is 89.1 cm³/mol. The lowest BCUT2D eigenvalue weighted by Crippen LogP contribution is -2.05. The van der Waals surface area contributed by atoms with Gasteiger partial charge >= 0.3 is 5.97 Å². The summed E-state index contributed by atoms with van der Waals surface area (Å²) in [4.78, 5) is 12.1. The lowest BCUT2D eigenvalue weighted by molar-refractivity contribution is 0.0438. The quantitative estimate of drug-likeness (QED) is 0.616. The highest BCUT2D eigenvalue weighted by Crippen LogP contribution is 2.32. The Morgan fingerprint density at radius 2 is 1.96 bits per heavy atom. The van der Waals surface area contributed by atoms with Crippen LogP contribution in [0.1, 0.15) is 16.2 Å². The Bertz CT molecular complexity index is 940. The third kappa shape index (κ3) is 3.20. The van der Waals surface area contributed by atoms with Crippen molar-refractivity contribution < 1.29 is 23.4 Å². The van der Waals surface area contributed by atoms with E-state index in [1.807, 2.05) is 24.3 Å². The van der Waals surface area contributed by atoms with Crippen molar-refractivity contribution in [2.45, 2.75) is 6.61 Å². The molecular formula is C17H11BrN2O5. The normalized spacial score (nSPS) is 12.2. The number of nitrogens with zero attached hydrogens (tertiary/aromatic N) is 2. The van der Waals surface area contributed by atoms with Gasteiger partial charge in [-0.1, -0.05) is 12.1 Å². The first-order valence-electron chi connectivity index (χ1n) is 7.35. The molecule has 8 heteroatoms. The fourth-order valence-electron chi connectivity index (χ4n) is 2.29. The second-order valence-electron chi connectivity index (χ2n) is 5.12. The third-order valence-electron chi connectivity index (χ3n) is 3.51. The lowest BCUT2D eigenvalue weighted by Gasteiger charge is -2.03. The molecule has 0 aliphatic carbocycles. The molecular weight excluding hydrogens is 392 g/mol. The molecule has 0 unspecified atom stereocenters. The van der Waals surface area contributed by atoms with Crippen molar-refractivity contribution in [3.8, 4) is 23.0 Å². The van der Waals surface area contributed by atoms with E-state index in [1.165, 1.54) is 0 Å². The predicted octanol–water partition coefficient (Wildman–Crippen LogP) is 3.58. The number of halogens is 1. The molecule has 0 amide bonds. The van der Waals surface area contributed by atoms with Crippen molar-refractivity contribution in [3.05, 3.63) is 58.4 Å². The van der Waals surface area contributed by atoms with Crippen LogP contribution < -0.4 is 9.47 Å². The zero-order valence-electron chi connectivity index (χ0n) is 12.8. The Hall–Kier alpha value is -2.87. The number of esters is 1. The highest BCUT2D eigenvalue weighted by molar-refractivity contribution is 9.10. The van der Waals surface area contributed by atoms with Gasteiger partial charge in [0.05, 0.1) is 11.1 Å². The molecule has 0 saturated carbocycles. The molecule has 0 spiro atoms. The van der Waals surface area contributed by atoms with Gasteiger partial charge in [-0.2, -0.15) is 0 Å². The van der Waals surface area contributed by atoms with E-state index < -0.39 is 5.97 Å². The number of hydrogen-bond donors (Lipinski definition) is 0. The topological polar surface area (TPSA) is 83.7 Å². The van der Waals surface area contributed by atoms with Crippen LogP contribution in [0.15, 0.2) is 51.4 Å². The molecule has 0 bridgehead atoms. The highest BCUT2D eigenvalue weighted by Gasteiger charge is 2.18. The number of benzene rings is 2. The molecule has 0 radical (unpaired) electrons. The number of fused-ring (bicyclic) bond motifs is 1. The van der Waals surface area contributed by atoms with E-state index in [4.69, 9.17) is 18.6 Å². The Kier molecular flexibility index (Phi) is 4.10. The first-order chi connectivity index (χ1) is 12.2. The third-order valence-corrected chi connectivity index (χ3v) is 4.20. The maximum atomic E-state index is 12.1. The van der Waals surface area contributed by atoms with Crippen LogP contribution >= 0.6 is 15.9 Å². The molecule has 3 aromatic rings. The van der Waals surface area contributed by atoms with Crippen molar-refractivity contribution in [2.24, 2.45) is 0 Å². The number of carbonyl (C=O) groups is 1. The summed E-state index contributed by atoms with van der Waals surface area (Å²) >= 11 is 3.42. The molecule has 0 saturated heterocycles. The minimum atomic E-state index is -0.515. The zero-order valence-corrected chi connectivity index (χ0v) is 14.4. The Labute approximate surface area is 150 Å². The monoisotopic (exact) mass is 402 g/mol. The lowest BCUT2D eigenvalue weighted by atomic mass is 10.2. The van der Waals surface area contributed by atoms with E-state index in [1.54, 1.807) is 18.2 Å². The van der Waals surface area contributed by atoms with Crippen LogP contribution in [0.2, 0.25) is 0 Å². The van der Waals surface area contributed by atoms with Gasteiger partial charge in [0.25, 0.3) is 5.89 Å². The Morgan fingerprint density at radius 1 is 1.12 bits per heavy atom. The molecule has 0 atom stereocenters. The molecule has 2 heterocycles. The van der Waals surface area contributed by atoms with Crippen molar-refractivity contribution in [1.82, 2.24) is 10.2 Å². The second kappa shape index (κ2) is 6.56. The van der Waals surface area contributed by atoms with Crippen LogP contribution in [0, 0.1) is 0 Å². The molecule has 2 aromatic carbocycles. The molecule has 4 rings (SSSR count). The second-order valence-corrected chi connectivity index (χ2v) is 5.98. The average Bonchev–Trinajstić information content (AvgIpc) is 3.28. The van der Waals surface area contributed by atoms with Crippen LogP contribution in [0.4, 0.5) is 0 Å². The molecule has 1 aromatic heterocycles. The van der Waals surface area contributed by atoms with Crippen molar-refractivity contribution in [2.75, 3.05) is 6.79 Å². The van der Waals surface area contributed by atoms with Gasteiger partial charge in [0.2, 0.25) is 12.7 Å². The van der Waals surface area contributed by atoms with E-state index in [-0.39, 0.29) is 19.3 Å². The Balaban J connectivity index is 1.43. The summed E-state index contributed by atoms with van der Waals surface area (Å²) in [6.07, 6.45) is 0. The molecule has 126 valence electrons. The summed E-state index contributed by atoms with van der Waals surface area (Å²) in [6, 6.07) is 12.3. The van der Waals surface area contributed by atoms with Crippen molar-refractivity contribution >= 4 is 21.9 Å². The van der Waals surface area contributed by atoms with Gasteiger partial charge in [-0.3, -0.25) is 0 Å². The summed E-state index contributed by atoms with van der Waals surface area (Å²) in [5.41, 5.74) is 1.12. The molecule has 7 nitrogen and oxygen atoms in total. The Morgan fingerprint density at radius 3 is 2.84 bits per heavy atom. The van der Waals surface area contributed by atoms with Crippen LogP contribution in [-0.2, 0) is 11.3 Å². The molecule has 1 aliphatic heterocycles.